The van der Waals surface area contributed by atoms with Crippen LogP contribution in [0.1, 0.15) is 36.6 Å². The van der Waals surface area contributed by atoms with Gasteiger partial charge < -0.3 is 15.5 Å². The fourth-order valence-corrected chi connectivity index (χ4v) is 2.54. The Morgan fingerprint density at radius 2 is 2.08 bits per heavy atom. The highest BCUT2D eigenvalue weighted by Gasteiger charge is 2.03. The molecule has 2 heterocycles. The lowest BCUT2D eigenvalue weighted by Gasteiger charge is -2.09. The third kappa shape index (κ3) is 4.94. The molecule has 3 aromatic rings. The number of fused-ring (bicyclic) bond motifs is 1. The number of anilines is 1. The fourth-order valence-electron chi connectivity index (χ4n) is 2.54. The van der Waals surface area contributed by atoms with Crippen LogP contribution in [0.2, 0.25) is 0 Å². The van der Waals surface area contributed by atoms with Crippen molar-refractivity contribution in [1.29, 1.82) is 0 Å². The van der Waals surface area contributed by atoms with Crippen LogP contribution in [0.5, 0.6) is 0 Å². The molecule has 0 saturated carbocycles. The number of nitrogens with two attached hydrogens (primary N) is 1. The number of aryl methyl sites for hydroxylation is 1. The van der Waals surface area contributed by atoms with Crippen LogP contribution in [0.25, 0.3) is 5.65 Å². The fraction of sp³-hybridized carbons (Fsp3) is 0.263. The quantitative estimate of drug-likeness (QED) is 0.355. The average Bonchev–Trinajstić information content (AvgIpc) is 2.95. The van der Waals surface area contributed by atoms with Crippen LogP contribution in [0.15, 0.2) is 53.8 Å². The molecule has 0 saturated heterocycles. The van der Waals surface area contributed by atoms with E-state index in [0.717, 1.165) is 17.0 Å². The van der Waals surface area contributed by atoms with Crippen molar-refractivity contribution < 1.29 is 0 Å². The molecular formula is C19H24IN5. The van der Waals surface area contributed by atoms with Gasteiger partial charge in [0.1, 0.15) is 5.65 Å². The van der Waals surface area contributed by atoms with E-state index in [4.69, 9.17) is 5.73 Å². The molecule has 0 aliphatic carbocycles. The number of rotatable bonds is 4. The molecule has 0 amide bonds. The maximum atomic E-state index is 6.00. The van der Waals surface area contributed by atoms with E-state index >= 15 is 0 Å². The third-order valence-electron chi connectivity index (χ3n) is 3.90. The van der Waals surface area contributed by atoms with Crippen LogP contribution in [-0.4, -0.2) is 15.3 Å². The lowest BCUT2D eigenvalue weighted by atomic mass is 10.0. The Bertz CT molecular complexity index is 882. The van der Waals surface area contributed by atoms with Crippen molar-refractivity contribution >= 4 is 41.3 Å². The van der Waals surface area contributed by atoms with Crippen LogP contribution in [-0.2, 0) is 6.54 Å². The third-order valence-corrected chi connectivity index (χ3v) is 3.90. The Hall–Kier alpha value is -2.09. The zero-order valence-corrected chi connectivity index (χ0v) is 17.1. The summed E-state index contributed by atoms with van der Waals surface area (Å²) in [5.74, 6) is 0.871. The Morgan fingerprint density at radius 3 is 2.84 bits per heavy atom. The number of nitrogens with zero attached hydrogens (tertiary/aromatic N) is 3. The van der Waals surface area contributed by atoms with Crippen molar-refractivity contribution in [3.8, 4) is 0 Å². The van der Waals surface area contributed by atoms with Crippen molar-refractivity contribution in [2.75, 3.05) is 5.32 Å². The van der Waals surface area contributed by atoms with Crippen LogP contribution in [0.4, 0.5) is 5.69 Å². The largest absolute Gasteiger partial charge is 0.370 e. The molecule has 0 bridgehead atoms. The molecule has 5 nitrogen and oxygen atoms in total. The first kappa shape index (κ1) is 19.2. The van der Waals surface area contributed by atoms with Gasteiger partial charge in [0, 0.05) is 18.1 Å². The van der Waals surface area contributed by atoms with E-state index in [2.05, 4.69) is 54.3 Å². The van der Waals surface area contributed by atoms with E-state index in [1.165, 1.54) is 11.1 Å². The van der Waals surface area contributed by atoms with Crippen LogP contribution >= 0.6 is 24.0 Å². The summed E-state index contributed by atoms with van der Waals surface area (Å²) >= 11 is 0. The molecule has 0 spiro atoms. The average molecular weight is 449 g/mol. The van der Waals surface area contributed by atoms with E-state index in [1.807, 2.05) is 35.0 Å². The predicted octanol–water partition coefficient (Wildman–Crippen LogP) is 4.31. The number of hydrogen-bond donors (Lipinski definition) is 2. The van der Waals surface area contributed by atoms with Gasteiger partial charge in [0.2, 0.25) is 0 Å². The van der Waals surface area contributed by atoms with Crippen molar-refractivity contribution in [3.63, 3.8) is 0 Å². The number of aromatic nitrogens is 2. The lowest BCUT2D eigenvalue weighted by Crippen LogP contribution is -2.22. The number of imidazole rings is 1. The van der Waals surface area contributed by atoms with Gasteiger partial charge in [-0.05, 0) is 48.2 Å². The molecule has 0 radical (unpaired) electrons. The molecule has 0 aliphatic heterocycles. The number of benzene rings is 1. The monoisotopic (exact) mass is 449 g/mol. The molecule has 0 atom stereocenters. The second-order valence-corrected chi connectivity index (χ2v) is 6.31. The van der Waals surface area contributed by atoms with Crippen LogP contribution < -0.4 is 11.1 Å². The molecule has 1 aromatic carbocycles. The number of pyridine rings is 1. The second-order valence-electron chi connectivity index (χ2n) is 6.31. The van der Waals surface area contributed by atoms with Gasteiger partial charge in [-0.15, -0.1) is 24.0 Å². The summed E-state index contributed by atoms with van der Waals surface area (Å²) in [6.07, 6.45) is 3.98. The van der Waals surface area contributed by atoms with E-state index < -0.39 is 0 Å². The zero-order chi connectivity index (χ0) is 17.1. The van der Waals surface area contributed by atoms with Gasteiger partial charge in [0.25, 0.3) is 0 Å². The molecular weight excluding hydrogens is 425 g/mol. The van der Waals surface area contributed by atoms with Gasteiger partial charge in [-0.3, -0.25) is 0 Å². The van der Waals surface area contributed by atoms with Gasteiger partial charge in [-0.25, -0.2) is 9.98 Å². The first-order valence-corrected chi connectivity index (χ1v) is 8.12. The second kappa shape index (κ2) is 8.33. The van der Waals surface area contributed by atoms with E-state index in [0.29, 0.717) is 18.4 Å². The number of guanidine groups is 1. The maximum Gasteiger partial charge on any atom is 0.193 e. The SMILES string of the molecule is Cc1ccn2cc(CN=C(N)Nc3cccc(C(C)C)c3)nc2c1.I. The van der Waals surface area contributed by atoms with Gasteiger partial charge in [0.05, 0.1) is 12.2 Å². The Kier molecular flexibility index (Phi) is 6.41. The summed E-state index contributed by atoms with van der Waals surface area (Å²) in [4.78, 5) is 8.95. The summed E-state index contributed by atoms with van der Waals surface area (Å²) in [6.45, 7) is 6.84. The Labute approximate surface area is 165 Å². The minimum atomic E-state index is 0. The number of halogens is 1. The van der Waals surface area contributed by atoms with Gasteiger partial charge in [-0.1, -0.05) is 26.0 Å². The van der Waals surface area contributed by atoms with E-state index in [9.17, 15) is 0 Å². The van der Waals surface area contributed by atoms with Crippen LogP contribution in [0.3, 0.4) is 0 Å². The summed E-state index contributed by atoms with van der Waals surface area (Å²) in [5, 5.41) is 3.14. The van der Waals surface area contributed by atoms with E-state index in [-0.39, 0.29) is 24.0 Å². The summed E-state index contributed by atoms with van der Waals surface area (Å²) < 4.78 is 1.99. The molecule has 0 aliphatic rings. The standard InChI is InChI=1S/C19H23N5.HI/c1-13(2)15-5-4-6-16(10-15)23-19(20)21-11-17-12-24-8-7-14(3)9-18(24)22-17;/h4-10,12-13H,11H2,1-3H3,(H3,20,21,23);1H. The molecule has 132 valence electrons. The van der Waals surface area contributed by atoms with Gasteiger partial charge in [0.15, 0.2) is 5.96 Å². The zero-order valence-electron chi connectivity index (χ0n) is 14.7. The first-order chi connectivity index (χ1) is 11.5. The highest BCUT2D eigenvalue weighted by Crippen LogP contribution is 2.18. The van der Waals surface area contributed by atoms with Gasteiger partial charge in [-0.2, -0.15) is 0 Å². The van der Waals surface area contributed by atoms with Crippen molar-refractivity contribution in [2.45, 2.75) is 33.2 Å². The molecule has 0 fully saturated rings. The summed E-state index contributed by atoms with van der Waals surface area (Å²) in [7, 11) is 0. The lowest BCUT2D eigenvalue weighted by molar-refractivity contribution is 0.867. The molecule has 2 aromatic heterocycles. The van der Waals surface area contributed by atoms with E-state index in [1.54, 1.807) is 0 Å². The molecule has 0 unspecified atom stereocenters. The van der Waals surface area contributed by atoms with Gasteiger partial charge >= 0.3 is 0 Å². The normalized spacial score (nSPS) is 11.6. The Morgan fingerprint density at radius 1 is 1.28 bits per heavy atom. The predicted molar refractivity (Wildman–Crippen MR) is 115 cm³/mol. The molecule has 3 rings (SSSR count). The highest BCUT2D eigenvalue weighted by atomic mass is 127. The van der Waals surface area contributed by atoms with Crippen molar-refractivity contribution in [3.05, 3.63) is 65.6 Å². The molecule has 3 N–H and O–H groups in total. The molecule has 6 heteroatoms. The minimum Gasteiger partial charge on any atom is -0.370 e. The summed E-state index contributed by atoms with van der Waals surface area (Å²) in [6, 6.07) is 12.3. The Balaban J connectivity index is 0.00000225. The smallest absolute Gasteiger partial charge is 0.193 e. The van der Waals surface area contributed by atoms with Crippen LogP contribution in [0, 0.1) is 6.92 Å². The number of aliphatic imine (C=N–C) groups is 1. The maximum absolute atomic E-state index is 6.00. The molecule has 25 heavy (non-hydrogen) atoms. The van der Waals surface area contributed by atoms with Crippen molar-refractivity contribution in [2.24, 2.45) is 10.7 Å². The highest BCUT2D eigenvalue weighted by molar-refractivity contribution is 14.0. The number of hydrogen-bond acceptors (Lipinski definition) is 2. The first-order valence-electron chi connectivity index (χ1n) is 8.12. The van der Waals surface area contributed by atoms with Crippen molar-refractivity contribution in [1.82, 2.24) is 9.38 Å². The summed E-state index contributed by atoms with van der Waals surface area (Å²) in [5.41, 5.74) is 11.2. The number of nitrogens with one attached hydrogen (secondary N) is 1. The minimum absolute atomic E-state index is 0. The topological polar surface area (TPSA) is 67.7 Å².